The molecule has 3 saturated heterocycles. The first-order valence-electron chi connectivity index (χ1n) is 9.24. The molecule has 2 bridgehead atoms. The summed E-state index contributed by atoms with van der Waals surface area (Å²) in [6.07, 6.45) is 11.8. The van der Waals surface area contributed by atoms with E-state index in [1.807, 2.05) is 0 Å². The lowest BCUT2D eigenvalue weighted by Crippen LogP contribution is -2.43. The molecule has 3 aliphatic heterocycles. The molecule has 0 unspecified atom stereocenters. The quantitative estimate of drug-likeness (QED) is 0.932. The van der Waals surface area contributed by atoms with E-state index in [0.717, 1.165) is 24.4 Å². The van der Waals surface area contributed by atoms with Crippen LogP contribution in [-0.4, -0.2) is 52.7 Å². The number of hydrogen-bond donors (Lipinski definition) is 1. The molecule has 5 rings (SSSR count). The van der Waals surface area contributed by atoms with E-state index in [-0.39, 0.29) is 0 Å². The van der Waals surface area contributed by atoms with Gasteiger partial charge in [-0.2, -0.15) is 5.10 Å². The third-order valence-corrected chi connectivity index (χ3v) is 6.15. The largest absolute Gasteiger partial charge is 0.304 e. The van der Waals surface area contributed by atoms with Gasteiger partial charge in [0.05, 0.1) is 6.20 Å². The van der Waals surface area contributed by atoms with Gasteiger partial charge in [-0.25, -0.2) is 0 Å². The average Bonchev–Trinajstić information content (AvgIpc) is 2.84. The van der Waals surface area contributed by atoms with Crippen molar-refractivity contribution in [2.24, 2.45) is 5.92 Å². The fourth-order valence-corrected chi connectivity index (χ4v) is 5.02. The summed E-state index contributed by atoms with van der Waals surface area (Å²) in [6, 6.07) is 0.748. The molecule has 122 valence electrons. The van der Waals surface area contributed by atoms with Gasteiger partial charge in [0.1, 0.15) is 0 Å². The van der Waals surface area contributed by atoms with Crippen LogP contribution in [0.15, 0.2) is 6.20 Å². The predicted molar refractivity (Wildman–Crippen MR) is 88.8 cm³/mol. The predicted octanol–water partition coefficient (Wildman–Crippen LogP) is 2.98. The maximum Gasteiger partial charge on any atom is 0.0535 e. The van der Waals surface area contributed by atoms with Crippen molar-refractivity contribution < 1.29 is 0 Å². The molecule has 4 heteroatoms. The number of rotatable bonds is 3. The van der Waals surface area contributed by atoms with Crippen LogP contribution in [0.1, 0.15) is 62.1 Å². The third-order valence-electron chi connectivity index (χ3n) is 6.15. The maximum atomic E-state index is 4.40. The van der Waals surface area contributed by atoms with Gasteiger partial charge in [0, 0.05) is 49.4 Å². The molecule has 1 saturated carbocycles. The van der Waals surface area contributed by atoms with Crippen LogP contribution in [0.5, 0.6) is 0 Å². The molecule has 2 atom stereocenters. The first-order chi connectivity index (χ1) is 10.8. The van der Waals surface area contributed by atoms with Crippen molar-refractivity contribution >= 4 is 0 Å². The lowest BCUT2D eigenvalue weighted by Gasteiger charge is -2.36. The Morgan fingerprint density at radius 3 is 2.82 bits per heavy atom. The van der Waals surface area contributed by atoms with E-state index in [9.17, 15) is 0 Å². The lowest BCUT2D eigenvalue weighted by atomic mass is 9.85. The Morgan fingerprint density at radius 1 is 1.09 bits per heavy atom. The first-order valence-corrected chi connectivity index (χ1v) is 9.24. The summed E-state index contributed by atoms with van der Waals surface area (Å²) in [4.78, 5) is 5.29. The fraction of sp³-hybridized carbons (Fsp3) is 0.833. The average molecular weight is 302 g/mol. The van der Waals surface area contributed by atoms with E-state index in [4.69, 9.17) is 0 Å². The number of piperidine rings is 1. The van der Waals surface area contributed by atoms with Crippen molar-refractivity contribution in [1.29, 1.82) is 0 Å². The molecule has 4 aliphatic rings. The van der Waals surface area contributed by atoms with E-state index in [1.165, 1.54) is 75.8 Å². The van der Waals surface area contributed by atoms with Gasteiger partial charge >= 0.3 is 0 Å². The Kier molecular flexibility index (Phi) is 4.23. The monoisotopic (exact) mass is 302 g/mol. The lowest BCUT2D eigenvalue weighted by molar-refractivity contribution is 0.124. The Bertz CT molecular complexity index is 491. The number of fused-ring (bicyclic) bond motifs is 4. The van der Waals surface area contributed by atoms with Crippen molar-refractivity contribution in [3.8, 4) is 0 Å². The number of aromatic amines is 1. The zero-order valence-electron chi connectivity index (χ0n) is 13.9. The second kappa shape index (κ2) is 6.32. The van der Waals surface area contributed by atoms with Crippen LogP contribution in [0.4, 0.5) is 0 Å². The molecule has 0 spiro atoms. The highest BCUT2D eigenvalue weighted by Crippen LogP contribution is 2.35. The van der Waals surface area contributed by atoms with Crippen molar-refractivity contribution in [2.45, 2.75) is 63.5 Å². The molecule has 0 amide bonds. The molecule has 4 heterocycles. The van der Waals surface area contributed by atoms with E-state index in [0.29, 0.717) is 0 Å². The summed E-state index contributed by atoms with van der Waals surface area (Å²) in [5, 5.41) is 7.75. The second-order valence-corrected chi connectivity index (χ2v) is 7.89. The van der Waals surface area contributed by atoms with Gasteiger partial charge in [-0.15, -0.1) is 0 Å². The third kappa shape index (κ3) is 2.95. The van der Waals surface area contributed by atoms with E-state index < -0.39 is 0 Å². The smallest absolute Gasteiger partial charge is 0.0535 e. The van der Waals surface area contributed by atoms with Crippen LogP contribution in [0.3, 0.4) is 0 Å². The summed E-state index contributed by atoms with van der Waals surface area (Å²) in [7, 11) is 2.29. The summed E-state index contributed by atoms with van der Waals surface area (Å²) < 4.78 is 0. The Hall–Kier alpha value is -0.870. The Morgan fingerprint density at radius 2 is 1.95 bits per heavy atom. The number of hydrogen-bond acceptors (Lipinski definition) is 3. The maximum absolute atomic E-state index is 4.40. The molecule has 1 N–H and O–H groups in total. The highest BCUT2D eigenvalue weighted by Gasteiger charge is 2.34. The highest BCUT2D eigenvalue weighted by molar-refractivity contribution is 5.21. The molecular formula is C18H30N4. The molecule has 1 aliphatic carbocycles. The molecule has 0 radical (unpaired) electrons. The van der Waals surface area contributed by atoms with Gasteiger partial charge in [0.2, 0.25) is 0 Å². The number of nitrogens with one attached hydrogen (secondary N) is 1. The number of likely N-dealkylation sites (N-methyl/N-ethyl adjacent to an activating group) is 1. The molecule has 1 aromatic heterocycles. The van der Waals surface area contributed by atoms with Crippen molar-refractivity contribution in [3.05, 3.63) is 17.5 Å². The minimum Gasteiger partial charge on any atom is -0.304 e. The first kappa shape index (κ1) is 14.7. The molecule has 4 fully saturated rings. The second-order valence-electron chi connectivity index (χ2n) is 7.89. The van der Waals surface area contributed by atoms with Gasteiger partial charge in [0.25, 0.3) is 0 Å². The molecular weight excluding hydrogens is 272 g/mol. The van der Waals surface area contributed by atoms with Gasteiger partial charge in [-0.1, -0.05) is 19.3 Å². The van der Waals surface area contributed by atoms with Crippen LogP contribution >= 0.6 is 0 Å². The summed E-state index contributed by atoms with van der Waals surface area (Å²) >= 11 is 0. The van der Waals surface area contributed by atoms with Crippen LogP contribution in [0.2, 0.25) is 0 Å². The van der Waals surface area contributed by atoms with Gasteiger partial charge < -0.3 is 4.90 Å². The molecule has 4 nitrogen and oxygen atoms in total. The van der Waals surface area contributed by atoms with E-state index in [2.05, 4.69) is 33.2 Å². The summed E-state index contributed by atoms with van der Waals surface area (Å²) in [5.74, 6) is 1.60. The number of nitrogens with zero attached hydrogens (tertiary/aromatic N) is 3. The van der Waals surface area contributed by atoms with Crippen molar-refractivity contribution in [3.63, 3.8) is 0 Å². The minimum absolute atomic E-state index is 0.734. The number of aromatic nitrogens is 2. The van der Waals surface area contributed by atoms with Crippen molar-refractivity contribution in [2.75, 3.05) is 26.7 Å². The molecule has 22 heavy (non-hydrogen) atoms. The standard InChI is InChI=1S/C18H30N4/c1-21-10-14-7-8-17(13-21)22(11-14)12-16-9-19-20-18(16)15-5-3-2-4-6-15/h9,14-15,17H,2-8,10-13H2,1H3,(H,19,20)/t14-,17+/m0/s1. The zero-order chi connectivity index (χ0) is 14.9. The van der Waals surface area contributed by atoms with Gasteiger partial charge in [0.15, 0.2) is 0 Å². The summed E-state index contributed by atoms with van der Waals surface area (Å²) in [6.45, 7) is 4.92. The normalized spacial score (nSPS) is 31.5. The summed E-state index contributed by atoms with van der Waals surface area (Å²) in [5.41, 5.74) is 2.93. The highest BCUT2D eigenvalue weighted by atomic mass is 15.3. The Balaban J connectivity index is 1.48. The van der Waals surface area contributed by atoms with Gasteiger partial charge in [-0.05, 0) is 38.6 Å². The van der Waals surface area contributed by atoms with Crippen molar-refractivity contribution in [1.82, 2.24) is 20.0 Å². The zero-order valence-corrected chi connectivity index (χ0v) is 13.9. The van der Waals surface area contributed by atoms with Crippen LogP contribution in [-0.2, 0) is 6.54 Å². The molecule has 1 aromatic rings. The fourth-order valence-electron chi connectivity index (χ4n) is 5.02. The molecule has 0 aromatic carbocycles. The van der Waals surface area contributed by atoms with E-state index >= 15 is 0 Å². The topological polar surface area (TPSA) is 35.2 Å². The van der Waals surface area contributed by atoms with Gasteiger partial charge in [-0.3, -0.25) is 10.00 Å². The van der Waals surface area contributed by atoms with Crippen LogP contribution < -0.4 is 0 Å². The van der Waals surface area contributed by atoms with Crippen LogP contribution in [0.25, 0.3) is 0 Å². The minimum atomic E-state index is 0.734. The SMILES string of the molecule is CN1C[C@@H]2CC[C@H](C1)N(Cc1cn[nH]c1C1CCCCC1)C2. The number of H-pyrrole nitrogens is 1. The van der Waals surface area contributed by atoms with Crippen LogP contribution in [0, 0.1) is 5.92 Å². The Labute approximate surface area is 134 Å². The van der Waals surface area contributed by atoms with E-state index in [1.54, 1.807) is 0 Å².